The first-order chi connectivity index (χ1) is 10.8. The molecule has 0 unspecified atom stereocenters. The van der Waals surface area contributed by atoms with Crippen molar-refractivity contribution in [1.82, 2.24) is 0 Å². The van der Waals surface area contributed by atoms with Gasteiger partial charge in [0.05, 0.1) is 11.3 Å². The second-order valence-electron chi connectivity index (χ2n) is 4.97. The number of benzene rings is 2. The molecule has 0 fully saturated rings. The van der Waals surface area contributed by atoms with Crippen LogP contribution in [0.15, 0.2) is 36.4 Å². The number of aromatic hydroxyl groups is 2. The zero-order valence-corrected chi connectivity index (χ0v) is 13.4. The van der Waals surface area contributed by atoms with E-state index in [1.165, 1.54) is 11.0 Å². The summed E-state index contributed by atoms with van der Waals surface area (Å²) in [6.45, 7) is 1.86. The van der Waals surface area contributed by atoms with Crippen LogP contribution in [-0.2, 0) is 6.42 Å². The van der Waals surface area contributed by atoms with E-state index in [2.05, 4.69) is 0 Å². The molecule has 2 rings (SSSR count). The number of hydrogen-bond acceptors (Lipinski definition) is 5. The monoisotopic (exact) mass is 330 g/mol. The van der Waals surface area contributed by atoms with E-state index in [1.807, 2.05) is 6.92 Å². The standard InChI is InChI=1S/C16H18N4O2S/c1-2-9-6-12(14(22)8-13(9)21)15(18)20(16(19)23)11-5-3-4-10(17)7-11/h3-8,18,21-22H,2,17H2,1H3,(H2,19,23). The average molecular weight is 330 g/mol. The van der Waals surface area contributed by atoms with Crippen molar-refractivity contribution < 1.29 is 10.2 Å². The van der Waals surface area contributed by atoms with Crippen LogP contribution in [0.1, 0.15) is 18.1 Å². The molecule has 2 aromatic rings. The van der Waals surface area contributed by atoms with Gasteiger partial charge in [0.15, 0.2) is 5.11 Å². The fourth-order valence-electron chi connectivity index (χ4n) is 2.25. The van der Waals surface area contributed by atoms with Crippen LogP contribution in [0.2, 0.25) is 0 Å². The van der Waals surface area contributed by atoms with Crippen LogP contribution < -0.4 is 16.4 Å². The molecule has 120 valence electrons. The van der Waals surface area contributed by atoms with Crippen LogP contribution in [0.25, 0.3) is 0 Å². The molecule has 2 aromatic carbocycles. The maximum Gasteiger partial charge on any atom is 0.176 e. The summed E-state index contributed by atoms with van der Waals surface area (Å²) in [4.78, 5) is 1.30. The van der Waals surface area contributed by atoms with E-state index in [4.69, 9.17) is 29.1 Å². The van der Waals surface area contributed by atoms with Gasteiger partial charge in [0, 0.05) is 11.8 Å². The van der Waals surface area contributed by atoms with Gasteiger partial charge in [0.2, 0.25) is 0 Å². The number of nitrogen functional groups attached to an aromatic ring is 1. The number of anilines is 2. The molecule has 6 nitrogen and oxygen atoms in total. The number of amidine groups is 1. The summed E-state index contributed by atoms with van der Waals surface area (Å²) >= 11 is 5.04. The first kappa shape index (κ1) is 16.6. The number of rotatable bonds is 3. The topological polar surface area (TPSA) is 120 Å². The molecular weight excluding hydrogens is 312 g/mol. The lowest BCUT2D eigenvalue weighted by molar-refractivity contribution is 0.445. The zero-order chi connectivity index (χ0) is 17.1. The summed E-state index contributed by atoms with van der Waals surface area (Å²) in [5.41, 5.74) is 13.4. The third kappa shape index (κ3) is 3.35. The second-order valence-corrected chi connectivity index (χ2v) is 5.39. The van der Waals surface area contributed by atoms with Gasteiger partial charge in [-0.25, -0.2) is 0 Å². The van der Waals surface area contributed by atoms with Crippen molar-refractivity contribution in [3.8, 4) is 11.5 Å². The lowest BCUT2D eigenvalue weighted by atomic mass is 10.0. The SMILES string of the molecule is CCc1cc(C(=N)N(C(N)=S)c2cccc(N)c2)c(O)cc1O. The second kappa shape index (κ2) is 6.53. The summed E-state index contributed by atoms with van der Waals surface area (Å²) in [6.07, 6.45) is 0.553. The minimum atomic E-state index is -0.227. The first-order valence-corrected chi connectivity index (χ1v) is 7.34. The summed E-state index contributed by atoms with van der Waals surface area (Å²) in [5, 5.41) is 28.2. The van der Waals surface area contributed by atoms with Crippen molar-refractivity contribution in [2.75, 3.05) is 10.6 Å². The fraction of sp³-hybridized carbons (Fsp3) is 0.125. The van der Waals surface area contributed by atoms with Crippen LogP contribution in [0.5, 0.6) is 11.5 Å². The molecule has 0 heterocycles. The highest BCUT2D eigenvalue weighted by molar-refractivity contribution is 7.80. The fourth-order valence-corrected chi connectivity index (χ4v) is 2.44. The van der Waals surface area contributed by atoms with Crippen LogP contribution in [0, 0.1) is 5.41 Å². The molecule has 23 heavy (non-hydrogen) atoms. The Kier molecular flexibility index (Phi) is 4.71. The molecule has 0 aliphatic carbocycles. The van der Waals surface area contributed by atoms with E-state index in [-0.39, 0.29) is 28.0 Å². The highest BCUT2D eigenvalue weighted by Gasteiger charge is 2.21. The van der Waals surface area contributed by atoms with Crippen LogP contribution in [0.4, 0.5) is 11.4 Å². The number of hydrogen-bond donors (Lipinski definition) is 5. The highest BCUT2D eigenvalue weighted by atomic mass is 32.1. The Morgan fingerprint density at radius 2 is 1.91 bits per heavy atom. The Morgan fingerprint density at radius 3 is 2.48 bits per heavy atom. The van der Waals surface area contributed by atoms with Gasteiger partial charge in [-0.15, -0.1) is 0 Å². The number of phenols is 2. The maximum absolute atomic E-state index is 10.1. The number of nitrogens with zero attached hydrogens (tertiary/aromatic N) is 1. The number of nitrogens with one attached hydrogen (secondary N) is 1. The molecule has 7 N–H and O–H groups in total. The first-order valence-electron chi connectivity index (χ1n) is 6.94. The summed E-state index contributed by atoms with van der Waals surface area (Å²) in [7, 11) is 0. The highest BCUT2D eigenvalue weighted by Crippen LogP contribution is 2.30. The van der Waals surface area contributed by atoms with Crippen molar-refractivity contribution in [1.29, 1.82) is 5.41 Å². The summed E-state index contributed by atoms with van der Waals surface area (Å²) < 4.78 is 0. The molecule has 0 bridgehead atoms. The maximum atomic E-state index is 10.1. The van der Waals surface area contributed by atoms with Crippen LogP contribution in [-0.4, -0.2) is 21.2 Å². The molecule has 0 atom stereocenters. The van der Waals surface area contributed by atoms with E-state index in [0.717, 1.165) is 0 Å². The van der Waals surface area contributed by atoms with Crippen LogP contribution in [0.3, 0.4) is 0 Å². The van der Waals surface area contributed by atoms with Crippen molar-refractivity contribution in [2.24, 2.45) is 5.73 Å². The summed E-state index contributed by atoms with van der Waals surface area (Å²) in [5.74, 6) is -0.350. The van der Waals surface area contributed by atoms with Crippen molar-refractivity contribution in [3.63, 3.8) is 0 Å². The number of aryl methyl sites for hydroxylation is 1. The Labute approximate surface area is 139 Å². The molecule has 0 saturated carbocycles. The van der Waals surface area contributed by atoms with E-state index < -0.39 is 0 Å². The Bertz CT molecular complexity index is 777. The Morgan fingerprint density at radius 1 is 1.22 bits per heavy atom. The molecule has 0 aliphatic rings. The van der Waals surface area contributed by atoms with Gasteiger partial charge in [-0.1, -0.05) is 13.0 Å². The lowest BCUT2D eigenvalue weighted by Crippen LogP contribution is -2.40. The molecule has 0 saturated heterocycles. The minimum Gasteiger partial charge on any atom is -0.508 e. The van der Waals surface area contributed by atoms with E-state index in [9.17, 15) is 10.2 Å². The van der Waals surface area contributed by atoms with Crippen molar-refractivity contribution in [3.05, 3.63) is 47.5 Å². The molecule has 7 heteroatoms. The van der Waals surface area contributed by atoms with Gasteiger partial charge in [-0.3, -0.25) is 10.3 Å². The Balaban J connectivity index is 2.53. The number of thiocarbonyl (C=S) groups is 1. The van der Waals surface area contributed by atoms with Gasteiger partial charge >= 0.3 is 0 Å². The van der Waals surface area contributed by atoms with E-state index in [0.29, 0.717) is 23.4 Å². The molecule has 0 aliphatic heterocycles. The van der Waals surface area contributed by atoms with Gasteiger partial charge in [0.1, 0.15) is 17.3 Å². The number of phenolic OH excluding ortho intramolecular Hbond substituents is 2. The minimum absolute atomic E-state index is 0.0209. The van der Waals surface area contributed by atoms with Gasteiger partial charge in [-0.05, 0) is 48.5 Å². The largest absolute Gasteiger partial charge is 0.508 e. The van der Waals surface area contributed by atoms with Crippen molar-refractivity contribution in [2.45, 2.75) is 13.3 Å². The summed E-state index contributed by atoms with van der Waals surface area (Å²) in [6, 6.07) is 9.52. The molecule has 0 spiro atoms. The molecule has 0 aromatic heterocycles. The van der Waals surface area contributed by atoms with Gasteiger partial charge < -0.3 is 21.7 Å². The molecule has 0 amide bonds. The normalized spacial score (nSPS) is 10.3. The zero-order valence-electron chi connectivity index (χ0n) is 12.6. The third-order valence-corrected chi connectivity index (χ3v) is 3.59. The predicted octanol–water partition coefficient (Wildman–Crippen LogP) is 2.32. The quantitative estimate of drug-likeness (QED) is 0.255. The molecular formula is C16H18N4O2S. The smallest absolute Gasteiger partial charge is 0.176 e. The van der Waals surface area contributed by atoms with Gasteiger partial charge in [0.25, 0.3) is 0 Å². The lowest BCUT2D eigenvalue weighted by Gasteiger charge is -2.24. The van der Waals surface area contributed by atoms with Crippen LogP contribution >= 0.6 is 12.2 Å². The van der Waals surface area contributed by atoms with Crippen molar-refractivity contribution >= 4 is 34.5 Å². The average Bonchev–Trinajstić information content (AvgIpc) is 2.47. The predicted molar refractivity (Wildman–Crippen MR) is 96.1 cm³/mol. The number of nitrogens with two attached hydrogens (primary N) is 2. The third-order valence-electron chi connectivity index (χ3n) is 3.41. The van der Waals surface area contributed by atoms with E-state index in [1.54, 1.807) is 30.3 Å². The van der Waals surface area contributed by atoms with E-state index >= 15 is 0 Å². The Hall–Kier alpha value is -2.80. The van der Waals surface area contributed by atoms with Gasteiger partial charge in [-0.2, -0.15) is 0 Å². The molecule has 0 radical (unpaired) electrons.